The van der Waals surface area contributed by atoms with Crippen molar-refractivity contribution in [2.45, 2.75) is 0 Å². The maximum Gasteiger partial charge on any atom is 0.277 e. The Morgan fingerprint density at radius 1 is 1.29 bits per heavy atom. The van der Waals surface area contributed by atoms with E-state index in [0.29, 0.717) is 22.1 Å². The number of rotatable bonds is 6. The molecule has 24 heavy (non-hydrogen) atoms. The van der Waals surface area contributed by atoms with Gasteiger partial charge < -0.3 is 9.47 Å². The first-order valence-corrected chi connectivity index (χ1v) is 8.69. The SMILES string of the molecule is COc1c(Br)cc(Br)cc1/C=N/NC(=O)COc1ccc(Cl)cc1. The van der Waals surface area contributed by atoms with E-state index in [4.69, 9.17) is 21.1 Å². The third-order valence-corrected chi connectivity index (χ3v) is 4.12. The second kappa shape index (κ2) is 9.05. The molecule has 0 spiro atoms. The Bertz CT molecular complexity index is 752. The van der Waals surface area contributed by atoms with Crippen LogP contribution in [0, 0.1) is 0 Å². The molecule has 1 amide bonds. The number of hydrogen-bond acceptors (Lipinski definition) is 4. The molecule has 0 fully saturated rings. The zero-order valence-corrected chi connectivity index (χ0v) is 16.5. The van der Waals surface area contributed by atoms with Crippen molar-refractivity contribution in [1.29, 1.82) is 0 Å². The van der Waals surface area contributed by atoms with Crippen LogP contribution in [0.25, 0.3) is 0 Å². The van der Waals surface area contributed by atoms with E-state index in [1.807, 2.05) is 12.1 Å². The highest BCUT2D eigenvalue weighted by Gasteiger charge is 2.08. The number of methoxy groups -OCH3 is 1. The summed E-state index contributed by atoms with van der Waals surface area (Å²) in [6, 6.07) is 10.4. The van der Waals surface area contributed by atoms with Crippen molar-refractivity contribution in [2.75, 3.05) is 13.7 Å². The molecule has 0 saturated carbocycles. The Balaban J connectivity index is 1.91. The fourth-order valence-electron chi connectivity index (χ4n) is 1.78. The number of hydrogen-bond donors (Lipinski definition) is 1. The molecule has 0 radical (unpaired) electrons. The van der Waals surface area contributed by atoms with Gasteiger partial charge in [0, 0.05) is 15.1 Å². The molecule has 8 heteroatoms. The number of benzene rings is 2. The van der Waals surface area contributed by atoms with Crippen LogP contribution < -0.4 is 14.9 Å². The van der Waals surface area contributed by atoms with E-state index < -0.39 is 0 Å². The van der Waals surface area contributed by atoms with Gasteiger partial charge in [0.25, 0.3) is 5.91 Å². The second-order valence-electron chi connectivity index (χ2n) is 4.55. The lowest BCUT2D eigenvalue weighted by Gasteiger charge is -2.08. The molecule has 0 bridgehead atoms. The molecule has 0 aliphatic rings. The monoisotopic (exact) mass is 474 g/mol. The number of carbonyl (C=O) groups excluding carboxylic acids is 1. The fourth-order valence-corrected chi connectivity index (χ4v) is 3.32. The van der Waals surface area contributed by atoms with Gasteiger partial charge >= 0.3 is 0 Å². The molecule has 1 N–H and O–H groups in total. The molecule has 0 aromatic heterocycles. The van der Waals surface area contributed by atoms with Crippen molar-refractivity contribution in [2.24, 2.45) is 5.10 Å². The zero-order valence-electron chi connectivity index (χ0n) is 12.6. The lowest BCUT2D eigenvalue weighted by atomic mass is 10.2. The van der Waals surface area contributed by atoms with Gasteiger partial charge in [-0.05, 0) is 52.3 Å². The van der Waals surface area contributed by atoms with Crippen LogP contribution in [0.1, 0.15) is 5.56 Å². The maximum absolute atomic E-state index is 11.7. The minimum atomic E-state index is -0.380. The van der Waals surface area contributed by atoms with Crippen LogP contribution in [0.5, 0.6) is 11.5 Å². The Kier molecular flexibility index (Phi) is 7.08. The summed E-state index contributed by atoms with van der Waals surface area (Å²) >= 11 is 12.6. The van der Waals surface area contributed by atoms with Crippen LogP contribution in [0.3, 0.4) is 0 Å². The standard InChI is InChI=1S/C16H13Br2ClN2O3/c1-23-16-10(6-11(17)7-14(16)18)8-20-21-15(22)9-24-13-4-2-12(19)3-5-13/h2-8H,9H2,1H3,(H,21,22)/b20-8+. The highest BCUT2D eigenvalue weighted by atomic mass is 79.9. The van der Waals surface area contributed by atoms with Crippen LogP contribution in [0.4, 0.5) is 0 Å². The van der Waals surface area contributed by atoms with Gasteiger partial charge in [-0.2, -0.15) is 5.10 Å². The topological polar surface area (TPSA) is 59.9 Å². The van der Waals surface area contributed by atoms with E-state index >= 15 is 0 Å². The summed E-state index contributed by atoms with van der Waals surface area (Å²) in [5.41, 5.74) is 3.10. The van der Waals surface area contributed by atoms with Crippen molar-refractivity contribution in [1.82, 2.24) is 5.43 Å². The maximum atomic E-state index is 11.7. The average Bonchev–Trinajstić information content (AvgIpc) is 2.54. The van der Waals surface area contributed by atoms with Crippen molar-refractivity contribution >= 4 is 55.6 Å². The van der Waals surface area contributed by atoms with Crippen LogP contribution in [0.2, 0.25) is 5.02 Å². The van der Waals surface area contributed by atoms with Crippen LogP contribution in [-0.4, -0.2) is 25.8 Å². The molecule has 0 atom stereocenters. The molecule has 0 saturated heterocycles. The molecule has 2 rings (SSSR count). The number of ether oxygens (including phenoxy) is 2. The molecule has 0 heterocycles. The number of amides is 1. The van der Waals surface area contributed by atoms with E-state index in [0.717, 1.165) is 8.95 Å². The highest BCUT2D eigenvalue weighted by molar-refractivity contribution is 9.11. The lowest BCUT2D eigenvalue weighted by molar-refractivity contribution is -0.123. The van der Waals surface area contributed by atoms with Crippen LogP contribution >= 0.6 is 43.5 Å². The summed E-state index contributed by atoms with van der Waals surface area (Å²) in [5, 5.41) is 4.51. The normalized spacial score (nSPS) is 10.7. The van der Waals surface area contributed by atoms with Gasteiger partial charge in [0.1, 0.15) is 11.5 Å². The van der Waals surface area contributed by atoms with E-state index in [2.05, 4.69) is 42.4 Å². The summed E-state index contributed by atoms with van der Waals surface area (Å²) in [5.74, 6) is 0.791. The van der Waals surface area contributed by atoms with E-state index in [9.17, 15) is 4.79 Å². The van der Waals surface area contributed by atoms with E-state index in [1.54, 1.807) is 31.4 Å². The largest absolute Gasteiger partial charge is 0.495 e. The Morgan fingerprint density at radius 2 is 2.00 bits per heavy atom. The van der Waals surface area contributed by atoms with Crippen molar-refractivity contribution in [3.05, 3.63) is 55.9 Å². The van der Waals surface area contributed by atoms with Crippen LogP contribution in [-0.2, 0) is 4.79 Å². The van der Waals surface area contributed by atoms with Gasteiger partial charge in [-0.15, -0.1) is 0 Å². The van der Waals surface area contributed by atoms with Crippen molar-refractivity contribution in [3.63, 3.8) is 0 Å². The first-order chi connectivity index (χ1) is 11.5. The lowest BCUT2D eigenvalue weighted by Crippen LogP contribution is -2.24. The fraction of sp³-hybridized carbons (Fsp3) is 0.125. The van der Waals surface area contributed by atoms with Crippen molar-refractivity contribution in [3.8, 4) is 11.5 Å². The highest BCUT2D eigenvalue weighted by Crippen LogP contribution is 2.31. The predicted octanol–water partition coefficient (Wildman–Crippen LogP) is 4.40. The molecular formula is C16H13Br2ClN2O3. The number of nitrogens with one attached hydrogen (secondary N) is 1. The van der Waals surface area contributed by atoms with Gasteiger partial charge in [0.2, 0.25) is 0 Å². The molecular weight excluding hydrogens is 463 g/mol. The first-order valence-electron chi connectivity index (χ1n) is 6.73. The zero-order chi connectivity index (χ0) is 17.5. The second-order valence-corrected chi connectivity index (χ2v) is 6.75. The molecule has 0 aliphatic carbocycles. The third kappa shape index (κ3) is 5.51. The summed E-state index contributed by atoms with van der Waals surface area (Å²) in [7, 11) is 1.56. The Hall–Kier alpha value is -1.57. The summed E-state index contributed by atoms with van der Waals surface area (Å²) in [6.45, 7) is -0.154. The predicted molar refractivity (Wildman–Crippen MR) is 101 cm³/mol. The number of hydrazone groups is 1. The van der Waals surface area contributed by atoms with Gasteiger partial charge in [0.05, 0.1) is 17.8 Å². The van der Waals surface area contributed by atoms with E-state index in [-0.39, 0.29) is 12.5 Å². The quantitative estimate of drug-likeness (QED) is 0.497. The van der Waals surface area contributed by atoms with Gasteiger partial charge in [-0.1, -0.05) is 27.5 Å². The minimum Gasteiger partial charge on any atom is -0.495 e. The summed E-state index contributed by atoms with van der Waals surface area (Å²) < 4.78 is 12.3. The smallest absolute Gasteiger partial charge is 0.277 e. The molecule has 126 valence electrons. The van der Waals surface area contributed by atoms with Crippen molar-refractivity contribution < 1.29 is 14.3 Å². The minimum absolute atomic E-state index is 0.154. The van der Waals surface area contributed by atoms with Gasteiger partial charge in [-0.3, -0.25) is 4.79 Å². The van der Waals surface area contributed by atoms with E-state index in [1.165, 1.54) is 6.21 Å². The first kappa shape index (κ1) is 18.8. The molecule has 0 aliphatic heterocycles. The molecule has 2 aromatic rings. The molecule has 5 nitrogen and oxygen atoms in total. The van der Waals surface area contributed by atoms with Gasteiger partial charge in [-0.25, -0.2) is 5.43 Å². The summed E-state index contributed by atoms with van der Waals surface area (Å²) in [6.07, 6.45) is 1.49. The van der Waals surface area contributed by atoms with Gasteiger partial charge in [0.15, 0.2) is 6.61 Å². The number of nitrogens with zero attached hydrogens (tertiary/aromatic N) is 1. The Morgan fingerprint density at radius 3 is 2.67 bits per heavy atom. The van der Waals surface area contributed by atoms with Crippen LogP contribution in [0.15, 0.2) is 50.4 Å². The number of carbonyl (C=O) groups is 1. The molecule has 2 aromatic carbocycles. The number of halogens is 3. The third-order valence-electron chi connectivity index (χ3n) is 2.82. The average molecular weight is 477 g/mol. The molecule has 0 unspecified atom stereocenters. The Labute approximate surface area is 161 Å². The summed E-state index contributed by atoms with van der Waals surface area (Å²) in [4.78, 5) is 11.7.